The van der Waals surface area contributed by atoms with E-state index in [1.165, 1.54) is 0 Å². The number of aryl methyl sites for hydroxylation is 2. The van der Waals surface area contributed by atoms with Crippen LogP contribution in [0, 0.1) is 23.0 Å². The Morgan fingerprint density at radius 3 is 2.76 bits per heavy atom. The smallest absolute Gasteiger partial charge is 0.333 e. The largest absolute Gasteiger partial charge is 0.481 e. The van der Waals surface area contributed by atoms with Crippen LogP contribution in [0.2, 0.25) is 0 Å². The van der Waals surface area contributed by atoms with Crippen molar-refractivity contribution in [2.45, 2.75) is 46.6 Å². The average Bonchev–Trinajstić information content (AvgIpc) is 2.70. The van der Waals surface area contributed by atoms with E-state index in [9.17, 15) is 14.9 Å². The van der Waals surface area contributed by atoms with Crippen LogP contribution < -0.4 is 5.32 Å². The first kappa shape index (κ1) is 16.9. The van der Waals surface area contributed by atoms with E-state index in [0.29, 0.717) is 37.4 Å². The highest BCUT2D eigenvalue weighted by Gasteiger charge is 2.24. The first-order chi connectivity index (χ1) is 9.88. The summed E-state index contributed by atoms with van der Waals surface area (Å²) in [6, 6.07) is 0. The molecule has 0 saturated carbocycles. The summed E-state index contributed by atoms with van der Waals surface area (Å²) in [6.45, 7) is 6.31. The second kappa shape index (κ2) is 7.61. The molecule has 0 saturated heterocycles. The molecule has 1 unspecified atom stereocenters. The standard InChI is InChI=1S/C13H22N4O4/c1-4-8-16-12(11(17(20)21)10(3)15-16)14-7-5-6-9(2)13(18)19/h9,14H,4-8H2,1-3H3,(H,18,19). The van der Waals surface area contributed by atoms with E-state index < -0.39 is 16.8 Å². The summed E-state index contributed by atoms with van der Waals surface area (Å²) < 4.78 is 1.61. The number of carbonyl (C=O) groups is 1. The zero-order valence-electron chi connectivity index (χ0n) is 12.6. The Bertz CT molecular complexity index is 513. The molecule has 0 bridgehead atoms. The molecule has 0 aliphatic carbocycles. The van der Waals surface area contributed by atoms with Crippen molar-refractivity contribution in [1.82, 2.24) is 9.78 Å². The van der Waals surface area contributed by atoms with Crippen molar-refractivity contribution in [3.63, 3.8) is 0 Å². The minimum Gasteiger partial charge on any atom is -0.481 e. The predicted octanol–water partition coefficient (Wildman–Crippen LogP) is 2.42. The molecule has 1 heterocycles. The van der Waals surface area contributed by atoms with E-state index >= 15 is 0 Å². The Hall–Kier alpha value is -2.12. The molecule has 2 N–H and O–H groups in total. The highest BCUT2D eigenvalue weighted by atomic mass is 16.6. The molecule has 1 aromatic heterocycles. The summed E-state index contributed by atoms with van der Waals surface area (Å²) in [7, 11) is 0. The maximum absolute atomic E-state index is 11.1. The highest BCUT2D eigenvalue weighted by Crippen LogP contribution is 2.28. The third-order valence-corrected chi connectivity index (χ3v) is 3.24. The summed E-state index contributed by atoms with van der Waals surface area (Å²) in [6.07, 6.45) is 1.97. The molecule has 21 heavy (non-hydrogen) atoms. The Morgan fingerprint density at radius 2 is 2.24 bits per heavy atom. The summed E-state index contributed by atoms with van der Waals surface area (Å²) in [5, 5.41) is 27.1. The van der Waals surface area contributed by atoms with Crippen molar-refractivity contribution in [3.8, 4) is 0 Å². The molecule has 1 atom stereocenters. The Labute approximate surface area is 123 Å². The van der Waals surface area contributed by atoms with Gasteiger partial charge in [-0.25, -0.2) is 4.68 Å². The fourth-order valence-electron chi connectivity index (χ4n) is 2.08. The van der Waals surface area contributed by atoms with Crippen molar-refractivity contribution >= 4 is 17.5 Å². The summed E-state index contributed by atoms with van der Waals surface area (Å²) in [5.74, 6) is -0.834. The average molecular weight is 298 g/mol. The van der Waals surface area contributed by atoms with Gasteiger partial charge < -0.3 is 10.4 Å². The van der Waals surface area contributed by atoms with Gasteiger partial charge in [0.25, 0.3) is 0 Å². The Morgan fingerprint density at radius 1 is 1.57 bits per heavy atom. The van der Waals surface area contributed by atoms with Gasteiger partial charge in [-0.15, -0.1) is 0 Å². The predicted molar refractivity (Wildman–Crippen MR) is 78.4 cm³/mol. The molecule has 8 heteroatoms. The maximum Gasteiger partial charge on any atom is 0.333 e. The first-order valence-electron chi connectivity index (χ1n) is 7.06. The Balaban J connectivity index is 2.72. The van der Waals surface area contributed by atoms with Crippen LogP contribution in [0.1, 0.15) is 38.8 Å². The molecule has 0 amide bonds. The lowest BCUT2D eigenvalue weighted by molar-refractivity contribution is -0.384. The van der Waals surface area contributed by atoms with Gasteiger partial charge in [0.1, 0.15) is 5.69 Å². The lowest BCUT2D eigenvalue weighted by atomic mass is 10.1. The minimum absolute atomic E-state index is 0.00488. The number of nitrogens with one attached hydrogen (secondary N) is 1. The molecular weight excluding hydrogens is 276 g/mol. The van der Waals surface area contributed by atoms with Crippen LogP contribution in [0.15, 0.2) is 0 Å². The molecule has 0 aromatic carbocycles. The molecule has 0 radical (unpaired) electrons. The van der Waals surface area contributed by atoms with Gasteiger partial charge in [-0.05, 0) is 26.2 Å². The van der Waals surface area contributed by atoms with E-state index in [4.69, 9.17) is 5.11 Å². The SMILES string of the molecule is CCCn1nc(C)c([N+](=O)[O-])c1NCCCC(C)C(=O)O. The van der Waals surface area contributed by atoms with E-state index in [-0.39, 0.29) is 5.69 Å². The molecule has 1 rings (SSSR count). The second-order valence-electron chi connectivity index (χ2n) is 5.07. The first-order valence-corrected chi connectivity index (χ1v) is 7.06. The fourth-order valence-corrected chi connectivity index (χ4v) is 2.08. The van der Waals surface area contributed by atoms with Gasteiger partial charge in [0.2, 0.25) is 5.82 Å². The molecule has 0 spiro atoms. The quantitative estimate of drug-likeness (QED) is 0.411. The summed E-state index contributed by atoms with van der Waals surface area (Å²) in [4.78, 5) is 21.4. The Kier molecular flexibility index (Phi) is 6.13. The number of hydrogen-bond donors (Lipinski definition) is 2. The third-order valence-electron chi connectivity index (χ3n) is 3.24. The van der Waals surface area contributed by atoms with E-state index in [2.05, 4.69) is 10.4 Å². The molecule has 0 aliphatic heterocycles. The van der Waals surface area contributed by atoms with Gasteiger partial charge in [0, 0.05) is 13.1 Å². The van der Waals surface area contributed by atoms with Crippen LogP contribution in [0.25, 0.3) is 0 Å². The monoisotopic (exact) mass is 298 g/mol. The molecular formula is C13H22N4O4. The number of aliphatic carboxylic acids is 1. The van der Waals surface area contributed by atoms with Crippen molar-refractivity contribution in [2.24, 2.45) is 5.92 Å². The van der Waals surface area contributed by atoms with Crippen molar-refractivity contribution in [3.05, 3.63) is 15.8 Å². The van der Waals surface area contributed by atoms with Gasteiger partial charge >= 0.3 is 11.7 Å². The normalized spacial score (nSPS) is 12.1. The van der Waals surface area contributed by atoms with Crippen molar-refractivity contribution in [1.29, 1.82) is 0 Å². The van der Waals surface area contributed by atoms with Crippen LogP contribution in [0.3, 0.4) is 0 Å². The lowest BCUT2D eigenvalue weighted by Gasteiger charge is -2.09. The van der Waals surface area contributed by atoms with Gasteiger partial charge in [-0.3, -0.25) is 14.9 Å². The third kappa shape index (κ3) is 4.44. The molecule has 8 nitrogen and oxygen atoms in total. The number of carboxylic acid groups (broad SMARTS) is 1. The number of aromatic nitrogens is 2. The van der Waals surface area contributed by atoms with Crippen LogP contribution >= 0.6 is 0 Å². The van der Waals surface area contributed by atoms with Crippen LogP contribution in [-0.4, -0.2) is 32.3 Å². The van der Waals surface area contributed by atoms with Crippen molar-refractivity contribution in [2.75, 3.05) is 11.9 Å². The minimum atomic E-state index is -0.826. The number of nitro groups is 1. The topological polar surface area (TPSA) is 110 Å². The van der Waals surface area contributed by atoms with Gasteiger partial charge in [0.15, 0.2) is 0 Å². The number of carboxylic acids is 1. The highest BCUT2D eigenvalue weighted by molar-refractivity contribution is 5.69. The van der Waals surface area contributed by atoms with Crippen LogP contribution in [0.5, 0.6) is 0 Å². The molecule has 118 valence electrons. The van der Waals surface area contributed by atoms with Gasteiger partial charge in [0.05, 0.1) is 10.8 Å². The number of nitrogens with zero attached hydrogens (tertiary/aromatic N) is 3. The maximum atomic E-state index is 11.1. The number of rotatable bonds is 9. The summed E-state index contributed by atoms with van der Waals surface area (Å²) in [5.41, 5.74) is 0.379. The van der Waals surface area contributed by atoms with Gasteiger partial charge in [-0.1, -0.05) is 13.8 Å². The van der Waals surface area contributed by atoms with E-state index in [0.717, 1.165) is 6.42 Å². The molecule has 0 fully saturated rings. The molecule has 0 aliphatic rings. The van der Waals surface area contributed by atoms with Crippen molar-refractivity contribution < 1.29 is 14.8 Å². The van der Waals surface area contributed by atoms with Crippen LogP contribution in [0.4, 0.5) is 11.5 Å². The van der Waals surface area contributed by atoms with Crippen LogP contribution in [-0.2, 0) is 11.3 Å². The lowest BCUT2D eigenvalue weighted by Crippen LogP contribution is -2.14. The number of anilines is 1. The van der Waals surface area contributed by atoms with Gasteiger partial charge in [-0.2, -0.15) is 5.10 Å². The molecule has 1 aromatic rings. The van der Waals surface area contributed by atoms with E-state index in [1.54, 1.807) is 18.5 Å². The van der Waals surface area contributed by atoms with E-state index in [1.807, 2.05) is 6.92 Å². The fraction of sp³-hybridized carbons (Fsp3) is 0.692. The second-order valence-corrected chi connectivity index (χ2v) is 5.07. The number of hydrogen-bond acceptors (Lipinski definition) is 5. The zero-order valence-corrected chi connectivity index (χ0v) is 12.6. The summed E-state index contributed by atoms with van der Waals surface area (Å²) >= 11 is 0. The zero-order chi connectivity index (χ0) is 16.0.